The van der Waals surface area contributed by atoms with Gasteiger partial charge in [0, 0.05) is 32.3 Å². The van der Waals surface area contributed by atoms with E-state index in [1.165, 1.54) is 58.9 Å². The van der Waals surface area contributed by atoms with Crippen LogP contribution in [0.5, 0.6) is 0 Å². The Morgan fingerprint density at radius 2 is 1.38 bits per heavy atom. The zero-order valence-electron chi connectivity index (χ0n) is 22.5. The van der Waals surface area contributed by atoms with Gasteiger partial charge in [-0.25, -0.2) is 0 Å². The average molecular weight is 528 g/mol. The Morgan fingerprint density at radius 3 is 2.23 bits per heavy atom. The van der Waals surface area contributed by atoms with Crippen molar-refractivity contribution >= 4 is 72.7 Å². The lowest BCUT2D eigenvalue weighted by Gasteiger charge is -2.29. The third kappa shape index (κ3) is 3.28. The maximum atomic E-state index is 7.02. The summed E-state index contributed by atoms with van der Waals surface area (Å²) in [5.74, 6) is 0. The summed E-state index contributed by atoms with van der Waals surface area (Å²) in [5, 5.41) is 5.11. The SMILES string of the molecule is [B]c1cc(N(c2ccccc2)c2cccc3c2sc2ccccc23)cc2c1C(C)(C)c1ccc3ccccc3c1-2. The predicted octanol–water partition coefficient (Wildman–Crippen LogP) is 9.78. The molecule has 3 heteroatoms. The van der Waals surface area contributed by atoms with Gasteiger partial charge in [-0.05, 0) is 69.4 Å². The Bertz CT molecular complexity index is 2110. The highest BCUT2D eigenvalue weighted by atomic mass is 32.1. The number of anilines is 3. The number of hydrogen-bond donors (Lipinski definition) is 0. The highest BCUT2D eigenvalue weighted by Gasteiger charge is 2.38. The van der Waals surface area contributed by atoms with Gasteiger partial charge in [-0.1, -0.05) is 104 Å². The predicted molar refractivity (Wildman–Crippen MR) is 174 cm³/mol. The second-order valence-electron chi connectivity index (χ2n) is 11.2. The van der Waals surface area contributed by atoms with Crippen LogP contribution in [0.25, 0.3) is 42.1 Å². The summed E-state index contributed by atoms with van der Waals surface area (Å²) in [6.07, 6.45) is 0. The maximum Gasteiger partial charge on any atom is 0.114 e. The number of rotatable bonds is 3. The van der Waals surface area contributed by atoms with Crippen molar-refractivity contribution in [3.63, 3.8) is 0 Å². The van der Waals surface area contributed by atoms with E-state index in [2.05, 4.69) is 140 Å². The Kier molecular flexibility index (Phi) is 5.05. The first-order chi connectivity index (χ1) is 19.5. The largest absolute Gasteiger partial charge is 0.309 e. The molecule has 0 saturated carbocycles. The Balaban J connectivity index is 1.44. The molecule has 0 N–H and O–H groups in total. The number of benzene rings is 6. The zero-order chi connectivity index (χ0) is 27.0. The second kappa shape index (κ2) is 8.58. The van der Waals surface area contributed by atoms with Crippen LogP contribution in [0.4, 0.5) is 17.1 Å². The molecule has 188 valence electrons. The highest BCUT2D eigenvalue weighted by Crippen LogP contribution is 2.52. The van der Waals surface area contributed by atoms with Crippen LogP contribution in [0.3, 0.4) is 0 Å². The quantitative estimate of drug-likeness (QED) is 0.207. The Morgan fingerprint density at radius 1 is 0.650 bits per heavy atom. The van der Waals surface area contributed by atoms with Crippen LogP contribution < -0.4 is 10.4 Å². The standard InChI is InChI=1S/C37H26BNS/c1-37(2)30-20-19-23-11-6-7-14-26(23)34(30)29-21-25(22-31(38)35(29)37)39(24-12-4-3-5-13-24)32-17-10-16-28-27-15-8-9-18-33(27)40-36(28)32/h3-22H,1-2H3. The molecule has 1 nitrogen and oxygen atoms in total. The molecule has 0 unspecified atom stereocenters. The van der Waals surface area contributed by atoms with Crippen molar-refractivity contribution in [3.05, 3.63) is 132 Å². The molecule has 1 aliphatic carbocycles. The van der Waals surface area contributed by atoms with Crippen LogP contribution in [0.15, 0.2) is 121 Å². The summed E-state index contributed by atoms with van der Waals surface area (Å²) in [6, 6.07) is 43.8. The molecule has 0 saturated heterocycles. The lowest BCUT2D eigenvalue weighted by Crippen LogP contribution is -2.25. The van der Waals surface area contributed by atoms with Crippen LogP contribution in [0.2, 0.25) is 0 Å². The van der Waals surface area contributed by atoms with Crippen molar-refractivity contribution in [1.29, 1.82) is 0 Å². The summed E-state index contributed by atoms with van der Waals surface area (Å²) in [5.41, 5.74) is 9.10. The van der Waals surface area contributed by atoms with Gasteiger partial charge >= 0.3 is 0 Å². The molecule has 0 amide bonds. The van der Waals surface area contributed by atoms with Crippen LogP contribution in [0.1, 0.15) is 25.0 Å². The lowest BCUT2D eigenvalue weighted by molar-refractivity contribution is 0.665. The fourth-order valence-corrected chi connectivity index (χ4v) is 8.01. The molecule has 1 heterocycles. The van der Waals surface area contributed by atoms with Gasteiger partial charge in [0.05, 0.1) is 10.4 Å². The minimum absolute atomic E-state index is 0.180. The van der Waals surface area contributed by atoms with Gasteiger partial charge in [0.25, 0.3) is 0 Å². The van der Waals surface area contributed by atoms with E-state index in [-0.39, 0.29) is 5.41 Å². The summed E-state index contributed by atoms with van der Waals surface area (Å²) in [6.45, 7) is 4.60. The second-order valence-corrected chi connectivity index (χ2v) is 12.3. The van der Waals surface area contributed by atoms with E-state index >= 15 is 0 Å². The molecule has 0 fully saturated rings. The molecule has 0 bridgehead atoms. The van der Waals surface area contributed by atoms with Crippen LogP contribution in [-0.2, 0) is 5.41 Å². The Hall–Kier alpha value is -4.34. The van der Waals surface area contributed by atoms with E-state index in [9.17, 15) is 0 Å². The third-order valence-corrected chi connectivity index (χ3v) is 9.76. The zero-order valence-corrected chi connectivity index (χ0v) is 23.3. The van der Waals surface area contributed by atoms with E-state index in [0.717, 1.165) is 16.8 Å². The molecule has 1 aromatic heterocycles. The number of hydrogen-bond acceptors (Lipinski definition) is 2. The van der Waals surface area contributed by atoms with E-state index in [1.54, 1.807) is 0 Å². The molecule has 6 aromatic carbocycles. The number of para-hydroxylation sites is 1. The summed E-state index contributed by atoms with van der Waals surface area (Å²) in [7, 11) is 7.02. The van der Waals surface area contributed by atoms with Crippen LogP contribution in [0, 0.1) is 0 Å². The molecule has 0 aliphatic heterocycles. The molecule has 7 aromatic rings. The fraction of sp³-hybridized carbons (Fsp3) is 0.0811. The average Bonchev–Trinajstić information content (AvgIpc) is 3.47. The summed E-state index contributed by atoms with van der Waals surface area (Å²) >= 11 is 1.85. The van der Waals surface area contributed by atoms with Gasteiger partial charge in [-0.3, -0.25) is 0 Å². The number of thiophene rings is 1. The first kappa shape index (κ1) is 23.5. The van der Waals surface area contributed by atoms with Gasteiger partial charge in [-0.15, -0.1) is 11.3 Å². The summed E-state index contributed by atoms with van der Waals surface area (Å²) in [4.78, 5) is 2.38. The molecular formula is C37H26BNS. The van der Waals surface area contributed by atoms with E-state index in [4.69, 9.17) is 7.85 Å². The first-order valence-corrected chi connectivity index (χ1v) is 14.6. The lowest BCUT2D eigenvalue weighted by atomic mass is 9.75. The molecule has 0 spiro atoms. The van der Waals surface area contributed by atoms with E-state index < -0.39 is 0 Å². The van der Waals surface area contributed by atoms with Gasteiger partial charge < -0.3 is 4.90 Å². The van der Waals surface area contributed by atoms with Gasteiger partial charge in [-0.2, -0.15) is 0 Å². The maximum absolute atomic E-state index is 7.02. The van der Waals surface area contributed by atoms with Gasteiger partial charge in [0.15, 0.2) is 0 Å². The number of fused-ring (bicyclic) bond motifs is 8. The van der Waals surface area contributed by atoms with Crippen LogP contribution >= 0.6 is 11.3 Å². The van der Waals surface area contributed by atoms with Crippen molar-refractivity contribution < 1.29 is 0 Å². The molecule has 1 aliphatic rings. The minimum Gasteiger partial charge on any atom is -0.309 e. The van der Waals surface area contributed by atoms with E-state index in [1.807, 2.05) is 11.3 Å². The highest BCUT2D eigenvalue weighted by molar-refractivity contribution is 7.26. The Labute approximate surface area is 239 Å². The van der Waals surface area contributed by atoms with Crippen molar-refractivity contribution in [2.75, 3.05) is 4.90 Å². The van der Waals surface area contributed by atoms with Crippen LogP contribution in [-0.4, -0.2) is 7.85 Å². The first-order valence-electron chi connectivity index (χ1n) is 13.7. The van der Waals surface area contributed by atoms with Crippen molar-refractivity contribution in [1.82, 2.24) is 0 Å². The smallest absolute Gasteiger partial charge is 0.114 e. The number of nitrogens with zero attached hydrogens (tertiary/aromatic N) is 1. The normalized spacial score (nSPS) is 13.6. The molecule has 8 rings (SSSR count). The minimum atomic E-state index is -0.180. The molecule has 2 radical (unpaired) electrons. The van der Waals surface area contributed by atoms with Crippen molar-refractivity contribution in [3.8, 4) is 11.1 Å². The van der Waals surface area contributed by atoms with Gasteiger partial charge in [0.2, 0.25) is 0 Å². The molecular weight excluding hydrogens is 501 g/mol. The van der Waals surface area contributed by atoms with Crippen molar-refractivity contribution in [2.24, 2.45) is 0 Å². The van der Waals surface area contributed by atoms with Crippen molar-refractivity contribution in [2.45, 2.75) is 19.3 Å². The summed E-state index contributed by atoms with van der Waals surface area (Å²) < 4.78 is 2.58. The molecule has 0 atom stereocenters. The third-order valence-electron chi connectivity index (χ3n) is 8.55. The van der Waals surface area contributed by atoms with Gasteiger partial charge in [0.1, 0.15) is 7.85 Å². The monoisotopic (exact) mass is 527 g/mol. The topological polar surface area (TPSA) is 3.24 Å². The molecule has 40 heavy (non-hydrogen) atoms. The fourth-order valence-electron chi connectivity index (χ4n) is 6.80. The van der Waals surface area contributed by atoms with E-state index in [0.29, 0.717) is 0 Å².